The van der Waals surface area contributed by atoms with Crippen molar-refractivity contribution in [3.8, 4) is 0 Å². The van der Waals surface area contributed by atoms with Crippen LogP contribution in [0, 0.1) is 0 Å². The van der Waals surface area contributed by atoms with Gasteiger partial charge in [-0.1, -0.05) is 6.92 Å². The van der Waals surface area contributed by atoms with Crippen molar-refractivity contribution in [2.45, 2.75) is 51.9 Å². The summed E-state index contributed by atoms with van der Waals surface area (Å²) in [6.45, 7) is 4.99. The van der Waals surface area contributed by atoms with Gasteiger partial charge >= 0.3 is 6.18 Å². The number of aryl methyl sites for hydroxylation is 1. The number of aromatic nitrogens is 3. The van der Waals surface area contributed by atoms with Crippen LogP contribution >= 0.6 is 0 Å². The van der Waals surface area contributed by atoms with Gasteiger partial charge in [0.1, 0.15) is 12.2 Å². The molecule has 1 atom stereocenters. The number of hydrogen-bond donors (Lipinski definition) is 1. The molecule has 0 aliphatic carbocycles. The predicted octanol–water partition coefficient (Wildman–Crippen LogP) is 2.16. The average molecular weight is 264 g/mol. The summed E-state index contributed by atoms with van der Waals surface area (Å²) < 4.78 is 39.0. The van der Waals surface area contributed by atoms with Crippen molar-refractivity contribution in [1.82, 2.24) is 20.1 Å². The van der Waals surface area contributed by atoms with E-state index in [1.807, 2.05) is 13.8 Å². The van der Waals surface area contributed by atoms with Crippen molar-refractivity contribution < 1.29 is 13.2 Å². The molecule has 0 spiro atoms. The van der Waals surface area contributed by atoms with Gasteiger partial charge in [0.15, 0.2) is 0 Å². The normalized spacial score (nSPS) is 13.8. The fourth-order valence-corrected chi connectivity index (χ4v) is 1.78. The molecule has 1 heterocycles. The maximum atomic E-state index is 12.5. The molecule has 1 aromatic heterocycles. The predicted molar refractivity (Wildman–Crippen MR) is 62.2 cm³/mol. The third-order valence-electron chi connectivity index (χ3n) is 2.59. The molecule has 1 N–H and O–H groups in total. The highest BCUT2D eigenvalue weighted by Crippen LogP contribution is 2.22. The SMILES string of the molecule is CCCNC(Cc1ncnn1CC)CC(F)(F)F. The molecule has 0 fully saturated rings. The van der Waals surface area contributed by atoms with Crippen molar-refractivity contribution in [1.29, 1.82) is 0 Å². The summed E-state index contributed by atoms with van der Waals surface area (Å²) in [7, 11) is 0. The van der Waals surface area contributed by atoms with Crippen LogP contribution in [0.15, 0.2) is 6.33 Å². The maximum Gasteiger partial charge on any atom is 0.390 e. The minimum atomic E-state index is -4.16. The highest BCUT2D eigenvalue weighted by atomic mass is 19.4. The second kappa shape index (κ2) is 6.72. The molecule has 1 unspecified atom stereocenters. The molecule has 0 radical (unpaired) electrons. The van der Waals surface area contributed by atoms with Crippen molar-refractivity contribution in [2.75, 3.05) is 6.54 Å². The molecule has 0 aliphatic heterocycles. The van der Waals surface area contributed by atoms with Crippen LogP contribution in [0.1, 0.15) is 32.5 Å². The van der Waals surface area contributed by atoms with Crippen LogP contribution < -0.4 is 5.32 Å². The summed E-state index contributed by atoms with van der Waals surface area (Å²) in [5.74, 6) is 0.593. The van der Waals surface area contributed by atoms with Gasteiger partial charge < -0.3 is 5.32 Å². The fourth-order valence-electron chi connectivity index (χ4n) is 1.78. The minimum Gasteiger partial charge on any atom is -0.313 e. The van der Waals surface area contributed by atoms with Gasteiger partial charge in [0.05, 0.1) is 6.42 Å². The van der Waals surface area contributed by atoms with Crippen molar-refractivity contribution >= 4 is 0 Å². The van der Waals surface area contributed by atoms with Crippen LogP contribution in [0.5, 0.6) is 0 Å². The van der Waals surface area contributed by atoms with E-state index in [1.54, 1.807) is 4.68 Å². The monoisotopic (exact) mass is 264 g/mol. The zero-order chi connectivity index (χ0) is 13.6. The van der Waals surface area contributed by atoms with Gasteiger partial charge in [0, 0.05) is 19.0 Å². The van der Waals surface area contributed by atoms with E-state index < -0.39 is 18.6 Å². The number of rotatable bonds is 7. The Bertz CT molecular complexity index is 348. The Morgan fingerprint density at radius 3 is 2.67 bits per heavy atom. The first-order valence-electron chi connectivity index (χ1n) is 6.13. The second-order valence-electron chi connectivity index (χ2n) is 4.17. The lowest BCUT2D eigenvalue weighted by Crippen LogP contribution is -2.36. The van der Waals surface area contributed by atoms with Crippen molar-refractivity contribution in [2.24, 2.45) is 0 Å². The number of nitrogens with zero attached hydrogens (tertiary/aromatic N) is 3. The highest BCUT2D eigenvalue weighted by molar-refractivity contribution is 4.90. The van der Waals surface area contributed by atoms with Gasteiger partial charge in [-0.2, -0.15) is 18.3 Å². The Hall–Kier alpha value is -1.11. The summed E-state index contributed by atoms with van der Waals surface area (Å²) >= 11 is 0. The zero-order valence-corrected chi connectivity index (χ0v) is 10.7. The number of alkyl halides is 3. The van der Waals surface area contributed by atoms with Crippen LogP contribution in [0.25, 0.3) is 0 Å². The molecule has 0 saturated carbocycles. The first kappa shape index (κ1) is 14.9. The fraction of sp³-hybridized carbons (Fsp3) is 0.818. The smallest absolute Gasteiger partial charge is 0.313 e. The highest BCUT2D eigenvalue weighted by Gasteiger charge is 2.32. The number of nitrogens with one attached hydrogen (secondary N) is 1. The quantitative estimate of drug-likeness (QED) is 0.820. The van der Waals surface area contributed by atoms with Crippen LogP contribution in [-0.4, -0.2) is 33.5 Å². The van der Waals surface area contributed by atoms with Gasteiger partial charge in [0.2, 0.25) is 0 Å². The van der Waals surface area contributed by atoms with Crippen molar-refractivity contribution in [3.05, 3.63) is 12.2 Å². The summed E-state index contributed by atoms with van der Waals surface area (Å²) in [4.78, 5) is 4.01. The Kier molecular flexibility index (Phi) is 5.58. The Morgan fingerprint density at radius 2 is 2.11 bits per heavy atom. The molecule has 0 amide bonds. The molecule has 4 nitrogen and oxygen atoms in total. The summed E-state index contributed by atoms with van der Waals surface area (Å²) in [5.41, 5.74) is 0. The zero-order valence-electron chi connectivity index (χ0n) is 10.7. The first-order chi connectivity index (χ1) is 8.46. The molecular formula is C11H19F3N4. The van der Waals surface area contributed by atoms with Gasteiger partial charge in [-0.05, 0) is 19.9 Å². The second-order valence-corrected chi connectivity index (χ2v) is 4.17. The Labute approximate surface area is 105 Å². The van der Waals surface area contributed by atoms with E-state index in [9.17, 15) is 13.2 Å². The lowest BCUT2D eigenvalue weighted by atomic mass is 10.1. The molecule has 18 heavy (non-hydrogen) atoms. The maximum absolute atomic E-state index is 12.5. The van der Waals surface area contributed by atoms with Gasteiger partial charge in [-0.25, -0.2) is 4.98 Å². The topological polar surface area (TPSA) is 42.7 Å². The lowest BCUT2D eigenvalue weighted by Gasteiger charge is -2.19. The molecule has 1 aromatic rings. The Morgan fingerprint density at radius 1 is 1.39 bits per heavy atom. The van der Waals surface area contributed by atoms with E-state index >= 15 is 0 Å². The largest absolute Gasteiger partial charge is 0.390 e. The first-order valence-corrected chi connectivity index (χ1v) is 6.13. The van der Waals surface area contributed by atoms with Gasteiger partial charge in [0.25, 0.3) is 0 Å². The molecule has 104 valence electrons. The van der Waals surface area contributed by atoms with E-state index in [4.69, 9.17) is 0 Å². The Balaban J connectivity index is 2.65. The molecule has 0 bridgehead atoms. The third-order valence-corrected chi connectivity index (χ3v) is 2.59. The summed E-state index contributed by atoms with van der Waals surface area (Å²) in [6, 6.07) is -0.639. The van der Waals surface area contributed by atoms with E-state index in [1.165, 1.54) is 6.33 Å². The van der Waals surface area contributed by atoms with Crippen LogP contribution in [0.2, 0.25) is 0 Å². The van der Waals surface area contributed by atoms with E-state index in [-0.39, 0.29) is 6.42 Å². The van der Waals surface area contributed by atoms with E-state index in [0.717, 1.165) is 6.42 Å². The molecule has 1 rings (SSSR count). The standard InChI is InChI=1S/C11H19F3N4/c1-3-5-15-9(7-11(12,13)14)6-10-16-8-17-18(10)4-2/h8-9,15H,3-7H2,1-2H3. The van der Waals surface area contributed by atoms with Crippen LogP contribution in [0.3, 0.4) is 0 Å². The van der Waals surface area contributed by atoms with Gasteiger partial charge in [-0.15, -0.1) is 0 Å². The summed E-state index contributed by atoms with van der Waals surface area (Å²) in [6.07, 6.45) is -2.59. The minimum absolute atomic E-state index is 0.243. The van der Waals surface area contributed by atoms with Crippen molar-refractivity contribution in [3.63, 3.8) is 0 Å². The van der Waals surface area contributed by atoms with Crippen LogP contribution in [-0.2, 0) is 13.0 Å². The molecular weight excluding hydrogens is 245 g/mol. The molecule has 0 aliphatic rings. The summed E-state index contributed by atoms with van der Waals surface area (Å²) in [5, 5.41) is 6.88. The van der Waals surface area contributed by atoms with E-state index in [0.29, 0.717) is 18.9 Å². The molecule has 0 saturated heterocycles. The van der Waals surface area contributed by atoms with Crippen LogP contribution in [0.4, 0.5) is 13.2 Å². The molecule has 0 aromatic carbocycles. The molecule has 7 heteroatoms. The van der Waals surface area contributed by atoms with E-state index in [2.05, 4.69) is 15.4 Å². The lowest BCUT2D eigenvalue weighted by molar-refractivity contribution is -0.140. The average Bonchev–Trinajstić information content (AvgIpc) is 2.71. The number of halogens is 3. The number of hydrogen-bond acceptors (Lipinski definition) is 3. The van der Waals surface area contributed by atoms with Gasteiger partial charge in [-0.3, -0.25) is 4.68 Å². The third kappa shape index (κ3) is 5.03.